The number of rotatable bonds is 1. The molecule has 2 nitrogen and oxygen atoms in total. The third-order valence-corrected chi connectivity index (χ3v) is 1.69. The molecule has 0 unspecified atom stereocenters. The fourth-order valence-corrected chi connectivity index (χ4v) is 1.04. The van der Waals surface area contributed by atoms with Gasteiger partial charge in [-0.25, -0.2) is 0 Å². The van der Waals surface area contributed by atoms with Crippen molar-refractivity contribution in [3.63, 3.8) is 0 Å². The van der Waals surface area contributed by atoms with Crippen molar-refractivity contribution in [2.45, 2.75) is 19.9 Å². The molecule has 0 radical (unpaired) electrons. The van der Waals surface area contributed by atoms with Crippen molar-refractivity contribution in [1.82, 2.24) is 4.90 Å². The normalized spacial score (nSPS) is 17.7. The van der Waals surface area contributed by atoms with Crippen LogP contribution in [0.5, 0.6) is 0 Å². The summed E-state index contributed by atoms with van der Waals surface area (Å²) in [5.74, 6) is 0.102. The molecule has 1 amide bonds. The standard InChI is InChI=1S/C9H13NO/c1-8(2)10-7-5-3-4-6-9(10)11/h3-6,8H,7H2,1-2H3. The van der Waals surface area contributed by atoms with E-state index in [0.717, 1.165) is 6.54 Å². The van der Waals surface area contributed by atoms with Gasteiger partial charge in [0.1, 0.15) is 0 Å². The zero-order chi connectivity index (χ0) is 8.27. The van der Waals surface area contributed by atoms with E-state index in [1.807, 2.05) is 30.9 Å². The highest BCUT2D eigenvalue weighted by atomic mass is 16.2. The molecule has 1 aliphatic heterocycles. The molecule has 0 saturated carbocycles. The Hall–Kier alpha value is -1.05. The van der Waals surface area contributed by atoms with Crippen molar-refractivity contribution in [2.24, 2.45) is 0 Å². The van der Waals surface area contributed by atoms with Gasteiger partial charge in [-0.1, -0.05) is 18.2 Å². The minimum atomic E-state index is 0.102. The van der Waals surface area contributed by atoms with Crippen molar-refractivity contribution in [3.05, 3.63) is 24.3 Å². The molecule has 60 valence electrons. The summed E-state index contributed by atoms with van der Waals surface area (Å²) in [6, 6.07) is 0.287. The molecule has 0 atom stereocenters. The van der Waals surface area contributed by atoms with Gasteiger partial charge >= 0.3 is 0 Å². The summed E-state index contributed by atoms with van der Waals surface area (Å²) in [7, 11) is 0. The minimum Gasteiger partial charge on any atom is -0.333 e. The topological polar surface area (TPSA) is 20.3 Å². The van der Waals surface area contributed by atoms with Gasteiger partial charge in [-0.05, 0) is 13.8 Å². The van der Waals surface area contributed by atoms with E-state index in [1.165, 1.54) is 0 Å². The van der Waals surface area contributed by atoms with E-state index in [4.69, 9.17) is 0 Å². The third kappa shape index (κ3) is 1.93. The number of carbonyl (C=O) groups excluding carboxylic acids is 1. The van der Waals surface area contributed by atoms with E-state index >= 15 is 0 Å². The van der Waals surface area contributed by atoms with Crippen molar-refractivity contribution >= 4 is 5.91 Å². The molecule has 2 heteroatoms. The summed E-state index contributed by atoms with van der Waals surface area (Å²) >= 11 is 0. The van der Waals surface area contributed by atoms with Crippen LogP contribution in [0.4, 0.5) is 0 Å². The predicted octanol–water partition coefficient (Wildman–Crippen LogP) is 1.35. The summed E-state index contributed by atoms with van der Waals surface area (Å²) in [5.41, 5.74) is 0. The molecule has 0 N–H and O–H groups in total. The Morgan fingerprint density at radius 3 is 2.82 bits per heavy atom. The van der Waals surface area contributed by atoms with Crippen molar-refractivity contribution in [1.29, 1.82) is 0 Å². The highest BCUT2D eigenvalue weighted by molar-refractivity contribution is 5.88. The number of hydrogen-bond donors (Lipinski definition) is 0. The maximum atomic E-state index is 11.3. The Morgan fingerprint density at radius 1 is 1.45 bits per heavy atom. The van der Waals surface area contributed by atoms with Gasteiger partial charge in [-0.3, -0.25) is 4.79 Å². The number of carbonyl (C=O) groups is 1. The zero-order valence-electron chi connectivity index (χ0n) is 6.95. The maximum absolute atomic E-state index is 11.3. The van der Waals surface area contributed by atoms with Crippen molar-refractivity contribution < 1.29 is 4.79 Å². The Bertz CT molecular complexity index is 204. The quantitative estimate of drug-likeness (QED) is 0.554. The van der Waals surface area contributed by atoms with E-state index in [-0.39, 0.29) is 11.9 Å². The van der Waals surface area contributed by atoms with Crippen molar-refractivity contribution in [2.75, 3.05) is 6.54 Å². The van der Waals surface area contributed by atoms with Gasteiger partial charge in [0.05, 0.1) is 0 Å². The van der Waals surface area contributed by atoms with Crippen LogP contribution in [0.25, 0.3) is 0 Å². The highest BCUT2D eigenvalue weighted by Crippen LogP contribution is 2.02. The Balaban J connectivity index is 2.71. The van der Waals surface area contributed by atoms with Crippen LogP contribution >= 0.6 is 0 Å². The summed E-state index contributed by atoms with van der Waals surface area (Å²) in [6.07, 6.45) is 7.27. The number of hydrogen-bond acceptors (Lipinski definition) is 1. The van der Waals surface area contributed by atoms with Crippen LogP contribution in [0.15, 0.2) is 24.3 Å². The first kappa shape index (κ1) is 8.05. The number of nitrogens with zero attached hydrogens (tertiary/aromatic N) is 1. The predicted molar refractivity (Wildman–Crippen MR) is 45.1 cm³/mol. The molecule has 0 saturated heterocycles. The zero-order valence-corrected chi connectivity index (χ0v) is 6.95. The molecule has 1 rings (SSSR count). The largest absolute Gasteiger partial charge is 0.333 e. The van der Waals surface area contributed by atoms with Gasteiger partial charge in [0.25, 0.3) is 0 Å². The Kier molecular flexibility index (Phi) is 2.47. The smallest absolute Gasteiger partial charge is 0.247 e. The molecule has 0 spiro atoms. The first-order chi connectivity index (χ1) is 5.22. The van der Waals surface area contributed by atoms with Crippen LogP contribution < -0.4 is 0 Å². The van der Waals surface area contributed by atoms with Gasteiger partial charge in [-0.2, -0.15) is 0 Å². The Labute approximate surface area is 67.2 Å². The molecule has 0 aromatic carbocycles. The van der Waals surface area contributed by atoms with Crippen LogP contribution in [-0.2, 0) is 4.79 Å². The summed E-state index contributed by atoms with van der Waals surface area (Å²) in [6.45, 7) is 4.76. The molecule has 0 fully saturated rings. The van der Waals surface area contributed by atoms with E-state index in [2.05, 4.69) is 0 Å². The first-order valence-corrected chi connectivity index (χ1v) is 3.85. The average molecular weight is 151 g/mol. The SMILES string of the molecule is CC(C)N1CC=CC=CC1=O. The second kappa shape index (κ2) is 3.37. The Morgan fingerprint density at radius 2 is 2.18 bits per heavy atom. The second-order valence-corrected chi connectivity index (χ2v) is 2.87. The molecule has 0 aromatic rings. The van der Waals surface area contributed by atoms with E-state index in [0.29, 0.717) is 0 Å². The highest BCUT2D eigenvalue weighted by Gasteiger charge is 2.12. The van der Waals surface area contributed by atoms with Crippen LogP contribution in [-0.4, -0.2) is 23.4 Å². The average Bonchev–Trinajstić information content (AvgIpc) is 2.13. The molecular weight excluding hydrogens is 138 g/mol. The van der Waals surface area contributed by atoms with Gasteiger partial charge < -0.3 is 4.90 Å². The molecule has 0 aliphatic carbocycles. The molecule has 1 aliphatic rings. The lowest BCUT2D eigenvalue weighted by molar-refractivity contribution is -0.126. The monoisotopic (exact) mass is 151 g/mol. The number of allylic oxidation sites excluding steroid dienone is 2. The molecule has 11 heavy (non-hydrogen) atoms. The molecular formula is C9H13NO. The first-order valence-electron chi connectivity index (χ1n) is 3.85. The molecule has 0 bridgehead atoms. The summed E-state index contributed by atoms with van der Waals surface area (Å²) in [5, 5.41) is 0. The lowest BCUT2D eigenvalue weighted by atomic mass is 10.3. The van der Waals surface area contributed by atoms with E-state index in [9.17, 15) is 4.79 Å². The lowest BCUT2D eigenvalue weighted by Gasteiger charge is -2.22. The third-order valence-electron chi connectivity index (χ3n) is 1.69. The summed E-state index contributed by atoms with van der Waals surface area (Å²) < 4.78 is 0. The second-order valence-electron chi connectivity index (χ2n) is 2.87. The van der Waals surface area contributed by atoms with Crippen molar-refractivity contribution in [3.8, 4) is 0 Å². The molecule has 0 aromatic heterocycles. The summed E-state index contributed by atoms with van der Waals surface area (Å²) in [4.78, 5) is 13.1. The maximum Gasteiger partial charge on any atom is 0.247 e. The van der Waals surface area contributed by atoms with Gasteiger partial charge in [0, 0.05) is 18.7 Å². The van der Waals surface area contributed by atoms with Gasteiger partial charge in [-0.15, -0.1) is 0 Å². The minimum absolute atomic E-state index is 0.102. The van der Waals surface area contributed by atoms with Gasteiger partial charge in [0.15, 0.2) is 0 Å². The fourth-order valence-electron chi connectivity index (χ4n) is 1.04. The van der Waals surface area contributed by atoms with E-state index in [1.54, 1.807) is 12.2 Å². The fraction of sp³-hybridized carbons (Fsp3) is 0.444. The van der Waals surface area contributed by atoms with Crippen LogP contribution in [0.1, 0.15) is 13.8 Å². The van der Waals surface area contributed by atoms with E-state index < -0.39 is 0 Å². The van der Waals surface area contributed by atoms with Crippen LogP contribution in [0.2, 0.25) is 0 Å². The lowest BCUT2D eigenvalue weighted by Crippen LogP contribution is -2.35. The van der Waals surface area contributed by atoms with Crippen LogP contribution in [0, 0.1) is 0 Å². The molecule has 1 heterocycles. The number of amides is 1. The van der Waals surface area contributed by atoms with Gasteiger partial charge in [0.2, 0.25) is 5.91 Å². The van der Waals surface area contributed by atoms with Crippen LogP contribution in [0.3, 0.4) is 0 Å².